The van der Waals surface area contributed by atoms with E-state index in [9.17, 15) is 9.59 Å². The highest BCUT2D eigenvalue weighted by Gasteiger charge is 2.16. The predicted molar refractivity (Wildman–Crippen MR) is 108 cm³/mol. The van der Waals surface area contributed by atoms with Crippen LogP contribution in [0.5, 0.6) is 11.5 Å². The molecule has 6 nitrogen and oxygen atoms in total. The third-order valence-corrected chi connectivity index (χ3v) is 4.45. The van der Waals surface area contributed by atoms with Crippen LogP contribution in [0.3, 0.4) is 0 Å². The first-order valence-corrected chi connectivity index (χ1v) is 9.36. The molecule has 6 heteroatoms. The molecule has 0 saturated heterocycles. The van der Waals surface area contributed by atoms with Crippen molar-refractivity contribution < 1.29 is 19.1 Å². The summed E-state index contributed by atoms with van der Waals surface area (Å²) in [5.74, 6) is 0.881. The first-order valence-electron chi connectivity index (χ1n) is 9.36. The van der Waals surface area contributed by atoms with Gasteiger partial charge < -0.3 is 19.7 Å². The Kier molecular flexibility index (Phi) is 8.34. The van der Waals surface area contributed by atoms with Gasteiger partial charge >= 0.3 is 0 Å². The number of nitrogens with zero attached hydrogens (tertiary/aromatic N) is 1. The Morgan fingerprint density at radius 3 is 2.32 bits per heavy atom. The molecule has 0 aliphatic heterocycles. The summed E-state index contributed by atoms with van der Waals surface area (Å²) in [6.07, 6.45) is 0.494. The van der Waals surface area contributed by atoms with Crippen molar-refractivity contribution in [3.63, 3.8) is 0 Å². The standard InChI is InChI=1S/C22H28N2O4/c1-4-24(16-18-8-6-5-7-9-18)22(26)15-21(25)23-13-12-17-10-11-19(27-2)20(14-17)28-3/h5-11,14H,4,12-13,15-16H2,1-3H3,(H,23,25). The number of carbonyl (C=O) groups excluding carboxylic acids is 2. The third-order valence-electron chi connectivity index (χ3n) is 4.45. The lowest BCUT2D eigenvalue weighted by Crippen LogP contribution is -2.35. The number of hydrogen-bond donors (Lipinski definition) is 1. The Morgan fingerprint density at radius 1 is 0.964 bits per heavy atom. The van der Waals surface area contributed by atoms with Crippen LogP contribution in [0.25, 0.3) is 0 Å². The van der Waals surface area contributed by atoms with Gasteiger partial charge in [0, 0.05) is 19.6 Å². The van der Waals surface area contributed by atoms with Gasteiger partial charge in [0.1, 0.15) is 6.42 Å². The number of nitrogens with one attached hydrogen (secondary N) is 1. The molecule has 0 spiro atoms. The number of rotatable bonds is 10. The van der Waals surface area contributed by atoms with Crippen molar-refractivity contribution in [1.82, 2.24) is 10.2 Å². The number of benzene rings is 2. The fourth-order valence-electron chi connectivity index (χ4n) is 2.87. The van der Waals surface area contributed by atoms with E-state index in [1.807, 2.05) is 55.5 Å². The maximum atomic E-state index is 12.4. The first-order chi connectivity index (χ1) is 13.6. The van der Waals surface area contributed by atoms with Crippen LogP contribution >= 0.6 is 0 Å². The Labute approximate surface area is 166 Å². The molecule has 28 heavy (non-hydrogen) atoms. The van der Waals surface area contributed by atoms with Gasteiger partial charge in [0.25, 0.3) is 0 Å². The predicted octanol–water partition coefficient (Wildman–Crippen LogP) is 2.80. The maximum Gasteiger partial charge on any atom is 0.232 e. The van der Waals surface area contributed by atoms with E-state index in [4.69, 9.17) is 9.47 Å². The highest BCUT2D eigenvalue weighted by Crippen LogP contribution is 2.27. The Hall–Kier alpha value is -3.02. The molecule has 0 unspecified atom stereocenters. The second kappa shape index (κ2) is 11.0. The summed E-state index contributed by atoms with van der Waals surface area (Å²) in [5, 5.41) is 2.81. The maximum absolute atomic E-state index is 12.4. The molecule has 0 bridgehead atoms. The molecule has 150 valence electrons. The lowest BCUT2D eigenvalue weighted by molar-refractivity contribution is -0.136. The number of hydrogen-bond acceptors (Lipinski definition) is 4. The molecule has 0 aliphatic carbocycles. The average Bonchev–Trinajstić information content (AvgIpc) is 2.72. The van der Waals surface area contributed by atoms with E-state index in [1.165, 1.54) is 0 Å². The van der Waals surface area contributed by atoms with Gasteiger partial charge in [-0.3, -0.25) is 9.59 Å². The van der Waals surface area contributed by atoms with Crippen molar-refractivity contribution in [3.05, 3.63) is 59.7 Å². The van der Waals surface area contributed by atoms with Crippen molar-refractivity contribution in [2.75, 3.05) is 27.3 Å². The van der Waals surface area contributed by atoms with Crippen molar-refractivity contribution in [1.29, 1.82) is 0 Å². The lowest BCUT2D eigenvalue weighted by Gasteiger charge is -2.20. The molecule has 1 N–H and O–H groups in total. The molecule has 0 fully saturated rings. The Bertz CT molecular complexity index is 777. The molecule has 0 radical (unpaired) electrons. The first kappa shape index (κ1) is 21.3. The summed E-state index contributed by atoms with van der Waals surface area (Å²) >= 11 is 0. The Morgan fingerprint density at radius 2 is 1.68 bits per heavy atom. The quantitative estimate of drug-likeness (QED) is 0.640. The third kappa shape index (κ3) is 6.30. The van der Waals surface area contributed by atoms with Crippen molar-refractivity contribution >= 4 is 11.8 Å². The largest absolute Gasteiger partial charge is 0.493 e. The van der Waals surface area contributed by atoms with E-state index in [0.717, 1.165) is 11.1 Å². The van der Waals surface area contributed by atoms with Crippen molar-refractivity contribution in [2.45, 2.75) is 26.3 Å². The molecular formula is C22H28N2O4. The molecule has 0 heterocycles. The van der Waals surface area contributed by atoms with Gasteiger partial charge in [0.15, 0.2) is 11.5 Å². The second-order valence-electron chi connectivity index (χ2n) is 6.36. The van der Waals surface area contributed by atoms with Gasteiger partial charge in [-0.25, -0.2) is 0 Å². The van der Waals surface area contributed by atoms with E-state index in [2.05, 4.69) is 5.32 Å². The van der Waals surface area contributed by atoms with Crippen molar-refractivity contribution in [2.24, 2.45) is 0 Å². The topological polar surface area (TPSA) is 67.9 Å². The molecule has 2 aromatic rings. The fourth-order valence-corrected chi connectivity index (χ4v) is 2.87. The monoisotopic (exact) mass is 384 g/mol. The summed E-state index contributed by atoms with van der Waals surface area (Å²) in [5.41, 5.74) is 2.06. The SMILES string of the molecule is CCN(Cc1ccccc1)C(=O)CC(=O)NCCc1ccc(OC)c(OC)c1. The molecular weight excluding hydrogens is 356 g/mol. The van der Waals surface area contributed by atoms with E-state index in [0.29, 0.717) is 37.6 Å². The normalized spacial score (nSPS) is 10.2. The molecule has 2 aromatic carbocycles. The summed E-state index contributed by atoms with van der Waals surface area (Å²) < 4.78 is 10.5. The number of ether oxygens (including phenoxy) is 2. The van der Waals surface area contributed by atoms with Gasteiger partial charge in [-0.15, -0.1) is 0 Å². The summed E-state index contributed by atoms with van der Waals surface area (Å²) in [6, 6.07) is 15.4. The average molecular weight is 384 g/mol. The molecule has 2 amide bonds. The molecule has 0 saturated carbocycles. The van der Waals surface area contributed by atoms with Gasteiger partial charge in [-0.05, 0) is 36.6 Å². The van der Waals surface area contributed by atoms with E-state index in [1.54, 1.807) is 19.1 Å². The summed E-state index contributed by atoms with van der Waals surface area (Å²) in [4.78, 5) is 26.2. The number of carbonyl (C=O) groups is 2. The molecule has 2 rings (SSSR count). The highest BCUT2D eigenvalue weighted by molar-refractivity contribution is 5.96. The number of methoxy groups -OCH3 is 2. The van der Waals surface area contributed by atoms with Crippen LogP contribution in [0.4, 0.5) is 0 Å². The van der Waals surface area contributed by atoms with Gasteiger partial charge in [0.2, 0.25) is 11.8 Å². The van der Waals surface area contributed by atoms with Gasteiger partial charge in [-0.1, -0.05) is 36.4 Å². The van der Waals surface area contributed by atoms with Crippen LogP contribution in [-0.2, 0) is 22.6 Å². The molecule has 0 aromatic heterocycles. The smallest absolute Gasteiger partial charge is 0.232 e. The molecule has 0 aliphatic rings. The fraction of sp³-hybridized carbons (Fsp3) is 0.364. The zero-order valence-corrected chi connectivity index (χ0v) is 16.7. The van der Waals surface area contributed by atoms with Crippen LogP contribution in [0.1, 0.15) is 24.5 Å². The van der Waals surface area contributed by atoms with Crippen molar-refractivity contribution in [3.8, 4) is 11.5 Å². The van der Waals surface area contributed by atoms with Crippen LogP contribution in [0, 0.1) is 0 Å². The van der Waals surface area contributed by atoms with Crippen LogP contribution in [-0.4, -0.2) is 44.0 Å². The van der Waals surface area contributed by atoms with E-state index < -0.39 is 0 Å². The highest BCUT2D eigenvalue weighted by atomic mass is 16.5. The lowest BCUT2D eigenvalue weighted by atomic mass is 10.1. The van der Waals surface area contributed by atoms with Gasteiger partial charge in [0.05, 0.1) is 14.2 Å². The van der Waals surface area contributed by atoms with E-state index >= 15 is 0 Å². The zero-order valence-electron chi connectivity index (χ0n) is 16.7. The van der Waals surface area contributed by atoms with Crippen LogP contribution < -0.4 is 14.8 Å². The second-order valence-corrected chi connectivity index (χ2v) is 6.36. The number of amides is 2. The molecule has 0 atom stereocenters. The van der Waals surface area contributed by atoms with Crippen LogP contribution in [0.15, 0.2) is 48.5 Å². The minimum atomic E-state index is -0.267. The minimum absolute atomic E-state index is 0.146. The minimum Gasteiger partial charge on any atom is -0.493 e. The summed E-state index contributed by atoms with van der Waals surface area (Å²) in [7, 11) is 3.18. The summed E-state index contributed by atoms with van der Waals surface area (Å²) in [6.45, 7) is 3.43. The van der Waals surface area contributed by atoms with Gasteiger partial charge in [-0.2, -0.15) is 0 Å². The zero-order chi connectivity index (χ0) is 20.4. The van der Waals surface area contributed by atoms with E-state index in [-0.39, 0.29) is 18.2 Å². The Balaban J connectivity index is 1.80. The van der Waals surface area contributed by atoms with Crippen LogP contribution in [0.2, 0.25) is 0 Å².